The summed E-state index contributed by atoms with van der Waals surface area (Å²) in [5, 5.41) is 24.6. The summed E-state index contributed by atoms with van der Waals surface area (Å²) in [6.07, 6.45) is 1.27. The Balaban J connectivity index is 1.41. The second-order valence-electron chi connectivity index (χ2n) is 13.1. The van der Waals surface area contributed by atoms with Gasteiger partial charge in [-0.15, -0.1) is 0 Å². The minimum Gasteiger partial charge on any atom is -0.462 e. The van der Waals surface area contributed by atoms with Crippen molar-refractivity contribution in [1.82, 2.24) is 4.90 Å². The van der Waals surface area contributed by atoms with Gasteiger partial charge in [0, 0.05) is 48.2 Å². The van der Waals surface area contributed by atoms with Gasteiger partial charge in [0.1, 0.15) is 17.8 Å². The third-order valence-electron chi connectivity index (χ3n) is 11.3. The molecule has 0 aromatic carbocycles. The maximum Gasteiger partial charge on any atom is 0.308 e. The largest absolute Gasteiger partial charge is 0.462 e. The Morgan fingerprint density at radius 2 is 1.91 bits per heavy atom. The lowest BCUT2D eigenvalue weighted by Gasteiger charge is -2.68. The van der Waals surface area contributed by atoms with E-state index in [1.807, 2.05) is 13.8 Å². The number of hydrogen-bond donors (Lipinski definition) is 2. The number of aliphatic hydroxyl groups excluding tert-OH is 1. The highest BCUT2D eigenvalue weighted by Crippen LogP contribution is 2.88. The maximum atomic E-state index is 12.7. The fraction of sp³-hybridized carbons (Fsp3) is 0.846. The van der Waals surface area contributed by atoms with Crippen molar-refractivity contribution in [3.63, 3.8) is 0 Å². The van der Waals surface area contributed by atoms with Crippen LogP contribution in [0.2, 0.25) is 0 Å². The van der Waals surface area contributed by atoms with Gasteiger partial charge in [-0.1, -0.05) is 32.9 Å². The molecule has 6 aliphatic carbocycles. The fourth-order valence-electron chi connectivity index (χ4n) is 11.3. The molecule has 33 heavy (non-hydrogen) atoms. The predicted molar refractivity (Wildman–Crippen MR) is 117 cm³/mol. The van der Waals surface area contributed by atoms with Crippen LogP contribution in [0.3, 0.4) is 0 Å². The summed E-state index contributed by atoms with van der Waals surface area (Å²) >= 11 is 0. The zero-order chi connectivity index (χ0) is 23.5. The summed E-state index contributed by atoms with van der Waals surface area (Å²) in [6.45, 7) is 12.5. The number of rotatable bonds is 3. The van der Waals surface area contributed by atoms with Crippen molar-refractivity contribution in [2.24, 2.45) is 39.9 Å². The van der Waals surface area contributed by atoms with E-state index in [4.69, 9.17) is 9.47 Å². The Morgan fingerprint density at radius 3 is 2.58 bits per heavy atom. The molecule has 4 unspecified atom stereocenters. The van der Waals surface area contributed by atoms with Crippen LogP contribution < -0.4 is 0 Å². The van der Waals surface area contributed by atoms with E-state index in [0.29, 0.717) is 24.8 Å². The van der Waals surface area contributed by atoms with Crippen molar-refractivity contribution in [2.45, 2.75) is 89.4 Å². The Hall–Kier alpha value is -1.44. The van der Waals surface area contributed by atoms with E-state index in [2.05, 4.69) is 18.4 Å². The van der Waals surface area contributed by atoms with Crippen LogP contribution in [-0.4, -0.2) is 69.6 Å². The van der Waals surface area contributed by atoms with Crippen LogP contribution in [0.15, 0.2) is 12.2 Å². The van der Waals surface area contributed by atoms with Gasteiger partial charge in [-0.3, -0.25) is 14.5 Å². The van der Waals surface area contributed by atoms with Crippen LogP contribution in [0.25, 0.3) is 0 Å². The maximum absolute atomic E-state index is 12.7. The summed E-state index contributed by atoms with van der Waals surface area (Å²) in [5.41, 5.74) is -1.24. The van der Waals surface area contributed by atoms with Crippen molar-refractivity contribution in [3.8, 4) is 0 Å². The van der Waals surface area contributed by atoms with E-state index >= 15 is 0 Å². The van der Waals surface area contributed by atoms with Gasteiger partial charge in [-0.2, -0.15) is 0 Å². The van der Waals surface area contributed by atoms with Gasteiger partial charge in [-0.25, -0.2) is 0 Å². The Bertz CT molecular complexity index is 1010. The second kappa shape index (κ2) is 5.68. The van der Waals surface area contributed by atoms with Crippen molar-refractivity contribution >= 4 is 11.9 Å². The van der Waals surface area contributed by atoms with Crippen molar-refractivity contribution < 1.29 is 29.3 Å². The molecular weight excluding hydrogens is 422 g/mol. The van der Waals surface area contributed by atoms with Crippen LogP contribution in [0, 0.1) is 39.9 Å². The smallest absolute Gasteiger partial charge is 0.308 e. The lowest BCUT2D eigenvalue weighted by Crippen LogP contribution is -2.77. The number of aliphatic hydroxyl groups is 2. The molecule has 3 saturated heterocycles. The molecule has 9 rings (SSSR count). The molecular formula is C26H35NO6. The van der Waals surface area contributed by atoms with Crippen molar-refractivity contribution in [1.29, 1.82) is 0 Å². The molecule has 2 N–H and O–H groups in total. The van der Waals surface area contributed by atoms with Crippen LogP contribution in [0.1, 0.15) is 53.4 Å². The fourth-order valence-corrected chi connectivity index (χ4v) is 11.3. The topological polar surface area (TPSA) is 96.3 Å². The van der Waals surface area contributed by atoms with E-state index < -0.39 is 35.1 Å². The van der Waals surface area contributed by atoms with Gasteiger partial charge >= 0.3 is 11.9 Å². The monoisotopic (exact) mass is 457 g/mol. The highest BCUT2D eigenvalue weighted by Gasteiger charge is 2.95. The van der Waals surface area contributed by atoms with Gasteiger partial charge in [0.15, 0.2) is 0 Å². The molecule has 6 saturated carbocycles. The van der Waals surface area contributed by atoms with Crippen LogP contribution in [0.4, 0.5) is 0 Å². The molecule has 9 fully saturated rings. The summed E-state index contributed by atoms with van der Waals surface area (Å²) in [7, 11) is 0. The minimum absolute atomic E-state index is 0.0241. The number of carbonyl (C=O) groups excluding carboxylic acids is 2. The number of nitrogens with zero attached hydrogens (tertiary/aromatic N) is 1. The molecule has 0 amide bonds. The standard InChI is InChI=1S/C26H35NO6/c1-11(2)21(30)33-14-7-23(5)10-27-15-9-24-6-12(3)16-17(29)19(24)25(8-14,18(15)23)22(27)26(24,31)20(16)32-13(4)28/h11,14-20,22,29,31H,3,6-10H2,1-2,4-5H3/t14-,15-,16+,17+,18+,19+,20?,22?,23-,24+,25-,26?/m0/s1. The normalized spacial score (nSPS) is 60.6. The molecule has 13 atom stereocenters. The highest BCUT2D eigenvalue weighted by atomic mass is 16.6. The second-order valence-corrected chi connectivity index (χ2v) is 13.1. The Labute approximate surface area is 194 Å². The van der Waals surface area contributed by atoms with Crippen LogP contribution in [0.5, 0.6) is 0 Å². The molecule has 7 nitrogen and oxygen atoms in total. The first kappa shape index (κ1) is 20.9. The van der Waals surface area contributed by atoms with Crippen molar-refractivity contribution in [2.75, 3.05) is 6.54 Å². The van der Waals surface area contributed by atoms with Gasteiger partial charge < -0.3 is 19.7 Å². The Kier molecular flexibility index (Phi) is 3.60. The number of carbonyl (C=O) groups is 2. The highest BCUT2D eigenvalue weighted by molar-refractivity contribution is 5.71. The number of piperidine rings is 2. The first-order valence-corrected chi connectivity index (χ1v) is 12.6. The molecule has 2 spiro atoms. The number of esters is 2. The summed E-state index contributed by atoms with van der Waals surface area (Å²) in [6, 6.07) is 0.162. The predicted octanol–water partition coefficient (Wildman–Crippen LogP) is 1.66. The lowest BCUT2D eigenvalue weighted by atomic mass is 9.39. The molecule has 0 radical (unpaired) electrons. The number of ether oxygens (including phenoxy) is 2. The summed E-state index contributed by atoms with van der Waals surface area (Å²) < 4.78 is 11.9. The van der Waals surface area contributed by atoms with Gasteiger partial charge in [-0.05, 0) is 37.0 Å². The molecule has 0 aromatic heterocycles. The first-order chi connectivity index (χ1) is 15.4. The van der Waals surface area contributed by atoms with E-state index in [0.717, 1.165) is 25.0 Å². The molecule has 0 aromatic rings. The van der Waals surface area contributed by atoms with Gasteiger partial charge in [0.2, 0.25) is 0 Å². The first-order valence-electron chi connectivity index (χ1n) is 12.6. The number of hydrogen-bond acceptors (Lipinski definition) is 7. The minimum atomic E-state index is -1.22. The quantitative estimate of drug-likeness (QED) is 0.491. The van der Waals surface area contributed by atoms with E-state index in [1.165, 1.54) is 6.92 Å². The Morgan fingerprint density at radius 1 is 1.18 bits per heavy atom. The molecule has 9 aliphatic rings. The average Bonchev–Trinajstić information content (AvgIpc) is 3.10. The van der Waals surface area contributed by atoms with Gasteiger partial charge in [0.25, 0.3) is 0 Å². The van der Waals surface area contributed by atoms with E-state index in [1.54, 1.807) is 0 Å². The molecule has 3 heterocycles. The van der Waals surface area contributed by atoms with Crippen LogP contribution in [-0.2, 0) is 19.1 Å². The molecule has 3 aliphatic heterocycles. The zero-order valence-electron chi connectivity index (χ0n) is 19.9. The van der Waals surface area contributed by atoms with E-state index in [9.17, 15) is 19.8 Å². The zero-order valence-corrected chi connectivity index (χ0v) is 19.9. The average molecular weight is 458 g/mol. The lowest BCUT2D eigenvalue weighted by molar-refractivity contribution is -0.284. The van der Waals surface area contributed by atoms with Crippen molar-refractivity contribution in [3.05, 3.63) is 12.2 Å². The number of fused-ring (bicyclic) bond motifs is 1. The van der Waals surface area contributed by atoms with Gasteiger partial charge in [0.05, 0.1) is 12.0 Å². The summed E-state index contributed by atoms with van der Waals surface area (Å²) in [5.74, 6) is -1.01. The van der Waals surface area contributed by atoms with Crippen LogP contribution >= 0.6 is 0 Å². The summed E-state index contributed by atoms with van der Waals surface area (Å²) in [4.78, 5) is 27.3. The SMILES string of the molecule is C=C1C[C@]23C[C@H]4[C@@H]5[C@@]6(C)C[C@H](OC(=O)C(C)C)C[C@]57C(N4C6)C2(O)C(OC(C)=O)[C@H]1[C@@H](O)[C@@H]73. The molecule has 9 bridgehead atoms. The molecule has 180 valence electrons. The van der Waals surface area contributed by atoms with E-state index in [-0.39, 0.29) is 40.8 Å². The third-order valence-corrected chi connectivity index (χ3v) is 11.3. The third kappa shape index (κ3) is 1.90. The molecule has 7 heteroatoms.